The number of rotatable bonds is 3. The highest BCUT2D eigenvalue weighted by Gasteiger charge is 2.21. The molecule has 1 aromatic carbocycles. The molecule has 2 rings (SSSR count). The summed E-state index contributed by atoms with van der Waals surface area (Å²) in [4.78, 5) is 2.26. The molecular formula is C14H21FN2O. The molecule has 4 heteroatoms. The summed E-state index contributed by atoms with van der Waals surface area (Å²) in [5.74, 6) is 0.0192. The number of nitrogens with zero attached hydrogens (tertiary/aromatic N) is 1. The van der Waals surface area contributed by atoms with Crippen LogP contribution in [0.5, 0.6) is 5.75 Å². The Labute approximate surface area is 108 Å². The van der Waals surface area contributed by atoms with Gasteiger partial charge in [-0.1, -0.05) is 12.1 Å². The normalized spacial score (nSPS) is 19.8. The van der Waals surface area contributed by atoms with Gasteiger partial charge in [0.25, 0.3) is 0 Å². The lowest BCUT2D eigenvalue weighted by molar-refractivity contribution is 0.109. The number of para-hydroxylation sites is 1. The van der Waals surface area contributed by atoms with Crippen LogP contribution < -0.4 is 10.5 Å². The molecule has 0 spiro atoms. The second-order valence-electron chi connectivity index (χ2n) is 5.07. The zero-order valence-electron chi connectivity index (χ0n) is 11.0. The summed E-state index contributed by atoms with van der Waals surface area (Å²) in [7, 11) is 2.09. The fraction of sp³-hybridized carbons (Fsp3) is 0.571. The number of piperidine rings is 1. The molecule has 0 radical (unpaired) electrons. The Bertz CT molecular complexity index is 401. The third kappa shape index (κ3) is 3.00. The summed E-state index contributed by atoms with van der Waals surface area (Å²) >= 11 is 0. The van der Waals surface area contributed by atoms with Gasteiger partial charge in [0.1, 0.15) is 6.10 Å². The number of hydrogen-bond acceptors (Lipinski definition) is 3. The van der Waals surface area contributed by atoms with Gasteiger partial charge in [-0.15, -0.1) is 0 Å². The van der Waals surface area contributed by atoms with Crippen molar-refractivity contribution in [1.29, 1.82) is 0 Å². The fourth-order valence-corrected chi connectivity index (χ4v) is 2.28. The molecule has 0 aliphatic carbocycles. The Kier molecular flexibility index (Phi) is 4.19. The lowest BCUT2D eigenvalue weighted by Crippen LogP contribution is -2.36. The molecule has 1 aliphatic rings. The maximum absolute atomic E-state index is 13.9. The predicted octanol–water partition coefficient (Wildman–Crippen LogP) is 2.32. The van der Waals surface area contributed by atoms with E-state index in [9.17, 15) is 4.39 Å². The minimum atomic E-state index is -0.316. The van der Waals surface area contributed by atoms with Gasteiger partial charge in [-0.2, -0.15) is 0 Å². The van der Waals surface area contributed by atoms with Gasteiger partial charge in [-0.05, 0) is 32.9 Å². The molecule has 0 amide bonds. The monoisotopic (exact) mass is 252 g/mol. The third-order valence-electron chi connectivity index (χ3n) is 3.44. The van der Waals surface area contributed by atoms with E-state index < -0.39 is 0 Å². The van der Waals surface area contributed by atoms with Crippen LogP contribution in [0, 0.1) is 5.82 Å². The van der Waals surface area contributed by atoms with E-state index in [-0.39, 0.29) is 18.0 Å². The Hall–Kier alpha value is -1.13. The lowest BCUT2D eigenvalue weighted by atomic mass is 10.1. The van der Waals surface area contributed by atoms with E-state index in [1.807, 2.05) is 13.0 Å². The second-order valence-corrected chi connectivity index (χ2v) is 5.07. The average Bonchev–Trinajstić information content (AvgIpc) is 2.34. The molecule has 100 valence electrons. The summed E-state index contributed by atoms with van der Waals surface area (Å²) in [6.07, 6.45) is 1.96. The minimum absolute atomic E-state index is 0.0931. The predicted molar refractivity (Wildman–Crippen MR) is 70.1 cm³/mol. The molecule has 18 heavy (non-hydrogen) atoms. The number of hydrogen-bond donors (Lipinski definition) is 1. The molecule has 1 aromatic rings. The quantitative estimate of drug-likeness (QED) is 0.897. The molecule has 1 fully saturated rings. The van der Waals surface area contributed by atoms with Gasteiger partial charge in [-0.3, -0.25) is 0 Å². The highest BCUT2D eigenvalue weighted by Crippen LogP contribution is 2.29. The SMILES string of the molecule is C[C@@H](N)c1cccc(F)c1OC1CCN(C)CC1. The van der Waals surface area contributed by atoms with Gasteiger partial charge in [0, 0.05) is 24.7 Å². The molecule has 0 unspecified atom stereocenters. The van der Waals surface area contributed by atoms with Gasteiger partial charge in [0.2, 0.25) is 0 Å². The van der Waals surface area contributed by atoms with Crippen LogP contribution in [0.25, 0.3) is 0 Å². The lowest BCUT2D eigenvalue weighted by Gasteiger charge is -2.30. The molecule has 1 heterocycles. The van der Waals surface area contributed by atoms with Crippen LogP contribution in [0.2, 0.25) is 0 Å². The first-order valence-electron chi connectivity index (χ1n) is 6.47. The Morgan fingerprint density at radius 3 is 2.67 bits per heavy atom. The minimum Gasteiger partial charge on any atom is -0.487 e. The van der Waals surface area contributed by atoms with Crippen molar-refractivity contribution in [1.82, 2.24) is 4.90 Å². The average molecular weight is 252 g/mol. The van der Waals surface area contributed by atoms with Crippen molar-refractivity contribution >= 4 is 0 Å². The van der Waals surface area contributed by atoms with Crippen molar-refractivity contribution < 1.29 is 9.13 Å². The summed E-state index contributed by atoms with van der Waals surface area (Å²) in [6.45, 7) is 3.83. The summed E-state index contributed by atoms with van der Waals surface area (Å²) < 4.78 is 19.7. The zero-order chi connectivity index (χ0) is 13.1. The fourth-order valence-electron chi connectivity index (χ4n) is 2.28. The largest absolute Gasteiger partial charge is 0.487 e. The molecule has 1 saturated heterocycles. The first-order chi connectivity index (χ1) is 8.58. The summed E-state index contributed by atoms with van der Waals surface area (Å²) in [5, 5.41) is 0. The van der Waals surface area contributed by atoms with Gasteiger partial charge >= 0.3 is 0 Å². The van der Waals surface area contributed by atoms with Crippen molar-refractivity contribution in [3.8, 4) is 5.75 Å². The van der Waals surface area contributed by atoms with E-state index in [1.165, 1.54) is 6.07 Å². The smallest absolute Gasteiger partial charge is 0.165 e. The third-order valence-corrected chi connectivity index (χ3v) is 3.44. The number of ether oxygens (including phenoxy) is 1. The summed E-state index contributed by atoms with van der Waals surface area (Å²) in [6, 6.07) is 4.71. The van der Waals surface area contributed by atoms with Gasteiger partial charge in [0.15, 0.2) is 11.6 Å². The van der Waals surface area contributed by atoms with Crippen LogP contribution in [-0.2, 0) is 0 Å². The number of nitrogens with two attached hydrogens (primary N) is 1. The van der Waals surface area contributed by atoms with Crippen molar-refractivity contribution in [3.05, 3.63) is 29.6 Å². The van der Waals surface area contributed by atoms with E-state index in [1.54, 1.807) is 6.07 Å². The van der Waals surface area contributed by atoms with Crippen molar-refractivity contribution in [2.24, 2.45) is 5.73 Å². The van der Waals surface area contributed by atoms with Gasteiger partial charge in [-0.25, -0.2) is 4.39 Å². The van der Waals surface area contributed by atoms with Crippen molar-refractivity contribution in [2.45, 2.75) is 31.9 Å². The highest BCUT2D eigenvalue weighted by molar-refractivity contribution is 5.37. The molecule has 0 saturated carbocycles. The van der Waals surface area contributed by atoms with Crippen molar-refractivity contribution in [3.63, 3.8) is 0 Å². The number of likely N-dealkylation sites (tertiary alicyclic amines) is 1. The van der Waals surface area contributed by atoms with Crippen LogP contribution in [0.15, 0.2) is 18.2 Å². The zero-order valence-corrected chi connectivity index (χ0v) is 11.0. The van der Waals surface area contributed by atoms with Crippen LogP contribution in [0.4, 0.5) is 4.39 Å². The second kappa shape index (κ2) is 5.67. The standard InChI is InChI=1S/C14H21FN2O/c1-10(16)12-4-3-5-13(15)14(12)18-11-6-8-17(2)9-7-11/h3-5,10-11H,6-9,16H2,1-2H3/t10-/m1/s1. The van der Waals surface area contributed by atoms with E-state index in [0.29, 0.717) is 5.75 Å². The van der Waals surface area contributed by atoms with Gasteiger partial charge in [0.05, 0.1) is 0 Å². The maximum Gasteiger partial charge on any atom is 0.165 e. The molecule has 2 N–H and O–H groups in total. The molecule has 1 aliphatic heterocycles. The van der Waals surface area contributed by atoms with Gasteiger partial charge < -0.3 is 15.4 Å². The van der Waals surface area contributed by atoms with E-state index in [4.69, 9.17) is 10.5 Å². The van der Waals surface area contributed by atoms with E-state index in [2.05, 4.69) is 11.9 Å². The Morgan fingerprint density at radius 1 is 1.39 bits per heavy atom. The van der Waals surface area contributed by atoms with Crippen LogP contribution in [0.1, 0.15) is 31.4 Å². The van der Waals surface area contributed by atoms with Crippen LogP contribution in [-0.4, -0.2) is 31.1 Å². The van der Waals surface area contributed by atoms with Crippen molar-refractivity contribution in [2.75, 3.05) is 20.1 Å². The Balaban J connectivity index is 2.13. The van der Waals surface area contributed by atoms with E-state index >= 15 is 0 Å². The molecular weight excluding hydrogens is 231 g/mol. The van der Waals surface area contributed by atoms with E-state index in [0.717, 1.165) is 31.5 Å². The molecule has 1 atom stereocenters. The Morgan fingerprint density at radius 2 is 2.06 bits per heavy atom. The van der Waals surface area contributed by atoms with Crippen LogP contribution >= 0.6 is 0 Å². The first-order valence-corrected chi connectivity index (χ1v) is 6.47. The molecule has 0 aromatic heterocycles. The highest BCUT2D eigenvalue weighted by atomic mass is 19.1. The molecule has 0 bridgehead atoms. The number of halogens is 1. The maximum atomic E-state index is 13.9. The molecule has 3 nitrogen and oxygen atoms in total. The topological polar surface area (TPSA) is 38.5 Å². The number of benzene rings is 1. The first kappa shape index (κ1) is 13.3. The summed E-state index contributed by atoms with van der Waals surface area (Å²) in [5.41, 5.74) is 6.60. The van der Waals surface area contributed by atoms with Crippen LogP contribution in [0.3, 0.4) is 0 Å².